The molecule has 2 aromatic carbocycles. The summed E-state index contributed by atoms with van der Waals surface area (Å²) in [7, 11) is 0. The minimum absolute atomic E-state index is 0.125. The van der Waals surface area contributed by atoms with Crippen LogP contribution in [-0.2, 0) is 11.2 Å². The molecule has 0 amide bonds. The van der Waals surface area contributed by atoms with Crippen molar-refractivity contribution in [1.82, 2.24) is 0 Å². The highest BCUT2D eigenvalue weighted by Gasteiger charge is 2.41. The normalized spacial score (nSPS) is 21.2. The van der Waals surface area contributed by atoms with Crippen LogP contribution in [0.15, 0.2) is 46.2 Å². The third-order valence-electron chi connectivity index (χ3n) is 5.96. The van der Waals surface area contributed by atoms with Crippen molar-refractivity contribution in [2.75, 3.05) is 23.5 Å². The second-order valence-electron chi connectivity index (χ2n) is 7.88. The van der Waals surface area contributed by atoms with Gasteiger partial charge in [0.15, 0.2) is 4.90 Å². The lowest BCUT2D eigenvalue weighted by Crippen LogP contribution is -2.38. The number of phenolic OH excluding ortho intramolecular Hbond substituents is 1. The van der Waals surface area contributed by atoms with Crippen LogP contribution < -0.4 is 4.90 Å². The molecule has 0 aliphatic carbocycles. The monoisotopic (exact) mass is 447 g/mol. The third kappa shape index (κ3) is 4.58. The molecule has 5 nitrogen and oxygen atoms in total. The molecule has 7 heteroatoms. The average Bonchev–Trinajstić information content (AvgIpc) is 2.86. The number of fused-ring (bicyclic) bond motifs is 1. The molecule has 2 atom stereocenters. The lowest BCUT2D eigenvalue weighted by atomic mass is 9.81. The molecule has 2 N–H and O–H groups in total. The number of thioether (sulfide) groups is 1. The molecule has 2 unspecified atom stereocenters. The van der Waals surface area contributed by atoms with Crippen LogP contribution in [0.3, 0.4) is 0 Å². The van der Waals surface area contributed by atoms with E-state index in [2.05, 4.69) is 18.7 Å². The predicted octanol–water partition coefficient (Wildman–Crippen LogP) is 5.66. The maximum atomic E-state index is 13.4. The highest BCUT2D eigenvalue weighted by molar-refractivity contribution is 7.98. The van der Waals surface area contributed by atoms with Gasteiger partial charge in [0.1, 0.15) is 11.5 Å². The number of carboxylic acid groups (broad SMARTS) is 1. The van der Waals surface area contributed by atoms with Crippen LogP contribution >= 0.6 is 11.8 Å². The summed E-state index contributed by atoms with van der Waals surface area (Å²) in [5.41, 5.74) is 1.80. The van der Waals surface area contributed by atoms with Crippen molar-refractivity contribution in [3.8, 4) is 5.75 Å². The molecule has 0 fully saturated rings. The first-order chi connectivity index (χ1) is 14.3. The summed E-state index contributed by atoms with van der Waals surface area (Å²) in [5.74, 6) is -0.258. The number of anilines is 2. The van der Waals surface area contributed by atoms with Crippen molar-refractivity contribution in [3.05, 3.63) is 42.0 Å². The minimum atomic E-state index is -1.24. The largest absolute Gasteiger partial charge is 0.611 e. The zero-order valence-electron chi connectivity index (χ0n) is 17.7. The Labute approximate surface area is 185 Å². The van der Waals surface area contributed by atoms with Crippen LogP contribution in [0.1, 0.15) is 49.9 Å². The van der Waals surface area contributed by atoms with E-state index < -0.39 is 17.1 Å². The fourth-order valence-electron chi connectivity index (χ4n) is 4.03. The van der Waals surface area contributed by atoms with Crippen LogP contribution in [0.5, 0.6) is 5.75 Å². The average molecular weight is 448 g/mol. The van der Waals surface area contributed by atoms with Gasteiger partial charge in [0.25, 0.3) is 0 Å². The van der Waals surface area contributed by atoms with E-state index in [4.69, 9.17) is 0 Å². The lowest BCUT2D eigenvalue weighted by Gasteiger charge is -2.35. The molecule has 1 heterocycles. The zero-order valence-corrected chi connectivity index (χ0v) is 19.3. The second kappa shape index (κ2) is 9.54. The quantitative estimate of drug-likeness (QED) is 0.421. The molecule has 2 aromatic rings. The Morgan fingerprint density at radius 3 is 2.53 bits per heavy atom. The number of rotatable bonds is 7. The summed E-state index contributed by atoms with van der Waals surface area (Å²) in [6.07, 6.45) is 5.92. The van der Waals surface area contributed by atoms with Gasteiger partial charge in [0.2, 0.25) is 0 Å². The van der Waals surface area contributed by atoms with Crippen LogP contribution in [0.25, 0.3) is 0 Å². The van der Waals surface area contributed by atoms with E-state index in [1.54, 1.807) is 18.2 Å². The molecule has 0 saturated heterocycles. The topological polar surface area (TPSA) is 83.8 Å². The molecule has 0 bridgehead atoms. The molecule has 0 radical (unpaired) electrons. The Bertz CT molecular complexity index is 903. The SMILES string of the molecule is CCCCC1(CC)CN(c2ccc(C(=O)O)cc2)c2cc(SC)c(O)cc2[S+]([O-])C1. The fraction of sp³-hybridized carbons (Fsp3) is 0.435. The maximum Gasteiger partial charge on any atom is 0.335 e. The Kier molecular flexibility index (Phi) is 7.26. The molecular weight excluding hydrogens is 418 g/mol. The Morgan fingerprint density at radius 1 is 1.27 bits per heavy atom. The predicted molar refractivity (Wildman–Crippen MR) is 124 cm³/mol. The number of hydrogen-bond donors (Lipinski definition) is 2. The second-order valence-corrected chi connectivity index (χ2v) is 10.1. The number of benzene rings is 2. The summed E-state index contributed by atoms with van der Waals surface area (Å²) in [6, 6.07) is 10.4. The maximum absolute atomic E-state index is 13.4. The third-order valence-corrected chi connectivity index (χ3v) is 8.42. The number of phenols is 1. The van der Waals surface area contributed by atoms with Gasteiger partial charge in [-0.05, 0) is 60.6 Å². The van der Waals surface area contributed by atoms with Gasteiger partial charge in [-0.3, -0.25) is 0 Å². The number of hydrogen-bond acceptors (Lipinski definition) is 5. The van der Waals surface area contributed by atoms with Crippen molar-refractivity contribution in [1.29, 1.82) is 0 Å². The number of unbranched alkanes of at least 4 members (excludes halogenated alkanes) is 1. The highest BCUT2D eigenvalue weighted by atomic mass is 32.2. The number of carbonyl (C=O) groups is 1. The van der Waals surface area contributed by atoms with Gasteiger partial charge in [-0.1, -0.05) is 26.7 Å². The lowest BCUT2D eigenvalue weighted by molar-refractivity contribution is 0.0697. The Balaban J connectivity index is 2.16. The first-order valence-corrected chi connectivity index (χ1v) is 12.8. The summed E-state index contributed by atoms with van der Waals surface area (Å²) in [4.78, 5) is 14.8. The van der Waals surface area contributed by atoms with E-state index in [0.717, 1.165) is 42.0 Å². The van der Waals surface area contributed by atoms with Crippen LogP contribution in [0, 0.1) is 5.41 Å². The Hall–Kier alpha value is -1.83. The van der Waals surface area contributed by atoms with Gasteiger partial charge >= 0.3 is 5.97 Å². The van der Waals surface area contributed by atoms with Crippen molar-refractivity contribution in [3.63, 3.8) is 0 Å². The molecule has 1 aliphatic heterocycles. The summed E-state index contributed by atoms with van der Waals surface area (Å²) in [6.45, 7) is 5.02. The van der Waals surface area contributed by atoms with Gasteiger partial charge in [0, 0.05) is 23.7 Å². The molecule has 1 aliphatic rings. The van der Waals surface area contributed by atoms with E-state index in [9.17, 15) is 19.6 Å². The van der Waals surface area contributed by atoms with Gasteiger partial charge < -0.3 is 19.7 Å². The van der Waals surface area contributed by atoms with Gasteiger partial charge in [-0.2, -0.15) is 0 Å². The molecule has 0 saturated carbocycles. The van der Waals surface area contributed by atoms with Gasteiger partial charge in [0.05, 0.1) is 16.1 Å². The van der Waals surface area contributed by atoms with Gasteiger partial charge in [-0.15, -0.1) is 11.8 Å². The summed E-state index contributed by atoms with van der Waals surface area (Å²) in [5, 5.41) is 19.7. The summed E-state index contributed by atoms with van der Waals surface area (Å²) >= 11 is 0.209. The molecule has 162 valence electrons. The van der Waals surface area contributed by atoms with E-state index in [1.165, 1.54) is 11.8 Å². The highest BCUT2D eigenvalue weighted by Crippen LogP contribution is 2.46. The number of nitrogens with zero attached hydrogens (tertiary/aromatic N) is 1. The zero-order chi connectivity index (χ0) is 21.9. The van der Waals surface area contributed by atoms with Crippen molar-refractivity contribution in [2.45, 2.75) is 49.3 Å². The number of carboxylic acids is 1. The van der Waals surface area contributed by atoms with Crippen LogP contribution in [-0.4, -0.2) is 39.3 Å². The molecule has 0 spiro atoms. The molecule has 30 heavy (non-hydrogen) atoms. The van der Waals surface area contributed by atoms with Crippen LogP contribution in [0.2, 0.25) is 0 Å². The van der Waals surface area contributed by atoms with E-state index in [1.807, 2.05) is 24.5 Å². The summed E-state index contributed by atoms with van der Waals surface area (Å²) < 4.78 is 13.4. The van der Waals surface area contributed by atoms with E-state index in [-0.39, 0.29) is 16.7 Å². The van der Waals surface area contributed by atoms with Crippen molar-refractivity contribution >= 4 is 40.3 Å². The van der Waals surface area contributed by atoms with Crippen molar-refractivity contribution in [2.24, 2.45) is 5.41 Å². The number of aromatic carboxylic acids is 1. The minimum Gasteiger partial charge on any atom is -0.611 e. The van der Waals surface area contributed by atoms with Gasteiger partial charge in [-0.25, -0.2) is 4.79 Å². The molecule has 3 rings (SSSR count). The standard InChI is InChI=1S/C23H29NO4S2/c1-4-6-11-23(5-2)14-24(17-9-7-16(8-10-17)22(26)27)18-12-20(29-3)19(25)13-21(18)30(28)15-23/h7-10,12-13,25H,4-6,11,14-15H2,1-3H3,(H,26,27). The first kappa shape index (κ1) is 22.8. The first-order valence-electron chi connectivity index (χ1n) is 10.2. The Morgan fingerprint density at radius 2 is 1.97 bits per heavy atom. The fourth-order valence-corrected chi connectivity index (χ4v) is 6.32. The van der Waals surface area contributed by atoms with Crippen LogP contribution in [0.4, 0.5) is 11.4 Å². The van der Waals surface area contributed by atoms with E-state index >= 15 is 0 Å². The van der Waals surface area contributed by atoms with Crippen molar-refractivity contribution < 1.29 is 19.6 Å². The smallest absolute Gasteiger partial charge is 0.335 e. The molecular formula is C23H29NO4S2. The van der Waals surface area contributed by atoms with E-state index in [0.29, 0.717) is 17.2 Å². The number of aromatic hydroxyl groups is 1. The molecule has 0 aromatic heterocycles.